The van der Waals surface area contributed by atoms with Crippen molar-refractivity contribution in [3.63, 3.8) is 0 Å². The van der Waals surface area contributed by atoms with E-state index >= 15 is 0 Å². The lowest BCUT2D eigenvalue weighted by Gasteiger charge is -2.08. The Labute approximate surface area is 75.9 Å². The molecule has 0 aromatic heterocycles. The smallest absolute Gasteiger partial charge is 0.0404 e. The average Bonchev–Trinajstić information content (AvgIpc) is 2.02. The Balaban J connectivity index is 4.38. The molecule has 0 saturated carbocycles. The summed E-state index contributed by atoms with van der Waals surface area (Å²) in [6.07, 6.45) is 0.905. The van der Waals surface area contributed by atoms with Crippen molar-refractivity contribution >= 4 is 5.71 Å². The van der Waals surface area contributed by atoms with E-state index in [1.54, 1.807) is 0 Å². The largest absolute Gasteiger partial charge is 0.259 e. The summed E-state index contributed by atoms with van der Waals surface area (Å²) in [7, 11) is 0. The zero-order chi connectivity index (χ0) is 9.72. The molecule has 1 nitrogen and oxygen atoms in total. The van der Waals surface area contributed by atoms with Crippen LogP contribution in [0.15, 0.2) is 29.4 Å². The third kappa shape index (κ3) is 3.51. The van der Waals surface area contributed by atoms with Crippen LogP contribution >= 0.6 is 0 Å². The Morgan fingerprint density at radius 3 is 2.17 bits per heavy atom. The summed E-state index contributed by atoms with van der Waals surface area (Å²) in [5.74, 6) is 0.471. The van der Waals surface area contributed by atoms with Gasteiger partial charge in [-0.1, -0.05) is 33.9 Å². The maximum Gasteiger partial charge on any atom is 0.0404 e. The molecule has 0 aromatic carbocycles. The first-order chi connectivity index (χ1) is 5.49. The summed E-state index contributed by atoms with van der Waals surface area (Å²) in [6, 6.07) is 0. The van der Waals surface area contributed by atoms with Gasteiger partial charge in [-0.3, -0.25) is 4.99 Å². The minimum atomic E-state index is 0.471. The molecule has 0 amide bonds. The molecule has 0 aromatic rings. The molecule has 0 radical (unpaired) electrons. The number of hydrogen-bond acceptors (Lipinski definition) is 1. The summed E-state index contributed by atoms with van der Waals surface area (Å²) >= 11 is 0. The second kappa shape index (κ2) is 4.91. The van der Waals surface area contributed by atoms with E-state index < -0.39 is 0 Å². The van der Waals surface area contributed by atoms with Crippen LogP contribution in [-0.4, -0.2) is 5.71 Å². The van der Waals surface area contributed by atoms with E-state index in [-0.39, 0.29) is 0 Å². The molecule has 0 rings (SSSR count). The fourth-order valence-electron chi connectivity index (χ4n) is 0.806. The second-order valence-electron chi connectivity index (χ2n) is 3.30. The van der Waals surface area contributed by atoms with Gasteiger partial charge in [0.15, 0.2) is 0 Å². The first-order valence-corrected chi connectivity index (χ1v) is 4.41. The van der Waals surface area contributed by atoms with Gasteiger partial charge < -0.3 is 0 Å². The van der Waals surface area contributed by atoms with Crippen LogP contribution in [0.3, 0.4) is 0 Å². The molecule has 0 N–H and O–H groups in total. The summed E-state index contributed by atoms with van der Waals surface area (Å²) in [5.41, 5.74) is 3.04. The summed E-state index contributed by atoms with van der Waals surface area (Å²) in [5, 5.41) is 0. The highest BCUT2D eigenvalue weighted by Gasteiger charge is 2.03. The third-order valence-electron chi connectivity index (χ3n) is 1.90. The minimum absolute atomic E-state index is 0.471. The topological polar surface area (TPSA) is 12.4 Å². The Morgan fingerprint density at radius 1 is 1.33 bits per heavy atom. The van der Waals surface area contributed by atoms with Gasteiger partial charge in [0.2, 0.25) is 0 Å². The standard InChI is InChI=1S/C11H19N/c1-7-9(4)12-11(6)10(5)8(2)3/h8H,4-5,7H2,1-3,6H3. The number of nitrogens with zero attached hydrogens (tertiary/aromatic N) is 1. The lowest BCUT2D eigenvalue weighted by atomic mass is 10.0. The van der Waals surface area contributed by atoms with E-state index in [4.69, 9.17) is 0 Å². The molecular weight excluding hydrogens is 146 g/mol. The van der Waals surface area contributed by atoms with Crippen molar-refractivity contribution in [2.75, 3.05) is 0 Å². The van der Waals surface area contributed by atoms with Crippen LogP contribution in [0.5, 0.6) is 0 Å². The molecule has 0 saturated heterocycles. The Bertz CT molecular complexity index is 209. The molecule has 0 aliphatic heterocycles. The van der Waals surface area contributed by atoms with Gasteiger partial charge >= 0.3 is 0 Å². The SMILES string of the molecule is C=C(CC)N=C(C)C(=C)C(C)C. The van der Waals surface area contributed by atoms with Crippen molar-refractivity contribution in [2.45, 2.75) is 34.1 Å². The molecule has 0 aliphatic carbocycles. The second-order valence-corrected chi connectivity index (χ2v) is 3.30. The fourth-order valence-corrected chi connectivity index (χ4v) is 0.806. The first kappa shape index (κ1) is 11.2. The van der Waals surface area contributed by atoms with Gasteiger partial charge in [-0.15, -0.1) is 0 Å². The highest BCUT2D eigenvalue weighted by molar-refractivity contribution is 5.98. The summed E-state index contributed by atoms with van der Waals surface area (Å²) < 4.78 is 0. The fraction of sp³-hybridized carbons (Fsp3) is 0.545. The number of aliphatic imine (C=N–C) groups is 1. The molecule has 68 valence electrons. The predicted molar refractivity (Wildman–Crippen MR) is 56.5 cm³/mol. The van der Waals surface area contributed by atoms with Crippen molar-refractivity contribution in [1.82, 2.24) is 0 Å². The summed E-state index contributed by atoms with van der Waals surface area (Å²) in [4.78, 5) is 4.34. The molecule has 0 aliphatic rings. The van der Waals surface area contributed by atoms with Gasteiger partial charge in [0.1, 0.15) is 0 Å². The normalized spacial score (nSPS) is 11.9. The third-order valence-corrected chi connectivity index (χ3v) is 1.90. The lowest BCUT2D eigenvalue weighted by Crippen LogP contribution is -2.03. The zero-order valence-corrected chi connectivity index (χ0v) is 8.65. The molecule has 0 atom stereocenters. The Hall–Kier alpha value is -0.850. The van der Waals surface area contributed by atoms with Gasteiger partial charge in [0, 0.05) is 11.4 Å². The maximum absolute atomic E-state index is 4.34. The molecule has 0 unspecified atom stereocenters. The number of allylic oxidation sites excluding steroid dienone is 2. The van der Waals surface area contributed by atoms with Crippen LogP contribution in [-0.2, 0) is 0 Å². The van der Waals surface area contributed by atoms with E-state index in [2.05, 4.69) is 38.9 Å². The van der Waals surface area contributed by atoms with Crippen LogP contribution in [0.1, 0.15) is 34.1 Å². The van der Waals surface area contributed by atoms with E-state index in [9.17, 15) is 0 Å². The van der Waals surface area contributed by atoms with Gasteiger partial charge in [-0.25, -0.2) is 0 Å². The Kier molecular flexibility index (Phi) is 4.57. The summed E-state index contributed by atoms with van der Waals surface area (Å²) in [6.45, 7) is 16.1. The van der Waals surface area contributed by atoms with Gasteiger partial charge in [0.25, 0.3) is 0 Å². The quantitative estimate of drug-likeness (QED) is 0.564. The molecule has 1 heteroatoms. The van der Waals surface area contributed by atoms with Crippen molar-refractivity contribution in [3.05, 3.63) is 24.4 Å². The Morgan fingerprint density at radius 2 is 1.83 bits per heavy atom. The lowest BCUT2D eigenvalue weighted by molar-refractivity contribution is 0.804. The first-order valence-electron chi connectivity index (χ1n) is 4.41. The van der Waals surface area contributed by atoms with Crippen LogP contribution < -0.4 is 0 Å². The zero-order valence-electron chi connectivity index (χ0n) is 8.65. The van der Waals surface area contributed by atoms with E-state index in [0.717, 1.165) is 23.4 Å². The minimum Gasteiger partial charge on any atom is -0.259 e. The van der Waals surface area contributed by atoms with Gasteiger partial charge in [0.05, 0.1) is 0 Å². The van der Waals surface area contributed by atoms with Crippen LogP contribution in [0, 0.1) is 5.92 Å². The highest BCUT2D eigenvalue weighted by Crippen LogP contribution is 2.11. The van der Waals surface area contributed by atoms with Crippen molar-refractivity contribution in [3.8, 4) is 0 Å². The van der Waals surface area contributed by atoms with Gasteiger partial charge in [-0.2, -0.15) is 0 Å². The average molecular weight is 165 g/mol. The maximum atomic E-state index is 4.34. The van der Waals surface area contributed by atoms with Crippen LogP contribution in [0.2, 0.25) is 0 Å². The van der Waals surface area contributed by atoms with Crippen molar-refractivity contribution in [2.24, 2.45) is 10.9 Å². The van der Waals surface area contributed by atoms with Gasteiger partial charge in [-0.05, 0) is 24.8 Å². The highest BCUT2D eigenvalue weighted by atomic mass is 14.7. The van der Waals surface area contributed by atoms with E-state index in [1.807, 2.05) is 6.92 Å². The van der Waals surface area contributed by atoms with Crippen LogP contribution in [0.25, 0.3) is 0 Å². The number of rotatable bonds is 4. The van der Waals surface area contributed by atoms with E-state index in [1.165, 1.54) is 0 Å². The van der Waals surface area contributed by atoms with E-state index in [0.29, 0.717) is 5.92 Å². The monoisotopic (exact) mass is 165 g/mol. The van der Waals surface area contributed by atoms with Crippen molar-refractivity contribution in [1.29, 1.82) is 0 Å². The predicted octanol–water partition coefficient (Wildman–Crippen LogP) is 3.58. The molecule has 0 fully saturated rings. The molecule has 0 bridgehead atoms. The van der Waals surface area contributed by atoms with Crippen molar-refractivity contribution < 1.29 is 0 Å². The molecule has 0 heterocycles. The van der Waals surface area contributed by atoms with Crippen LogP contribution in [0.4, 0.5) is 0 Å². The molecule has 12 heavy (non-hydrogen) atoms. The molecular formula is C11H19N. The number of hydrogen-bond donors (Lipinski definition) is 0. The molecule has 0 spiro atoms.